The van der Waals surface area contributed by atoms with E-state index in [0.29, 0.717) is 0 Å². The fourth-order valence-corrected chi connectivity index (χ4v) is 10.2. The van der Waals surface area contributed by atoms with Crippen LogP contribution in [0.1, 0.15) is 123 Å². The Bertz CT molecular complexity index is 2020. The largest absolute Gasteiger partial charge is 0.512 e. The van der Waals surface area contributed by atoms with E-state index in [1.54, 1.807) is 11.1 Å². The number of hydrogen-bond acceptors (Lipinski definition) is 4. The van der Waals surface area contributed by atoms with Crippen molar-refractivity contribution in [1.82, 2.24) is 4.98 Å². The van der Waals surface area contributed by atoms with E-state index in [2.05, 4.69) is 75.4 Å². The van der Waals surface area contributed by atoms with Gasteiger partial charge in [0.15, 0.2) is 5.78 Å². The van der Waals surface area contributed by atoms with Gasteiger partial charge in [-0.05, 0) is 78.4 Å². The van der Waals surface area contributed by atoms with Crippen LogP contribution in [0.4, 0.5) is 0 Å². The van der Waals surface area contributed by atoms with Crippen LogP contribution in [-0.4, -0.2) is 15.9 Å². The summed E-state index contributed by atoms with van der Waals surface area (Å²) < 4.78 is 2.82. The van der Waals surface area contributed by atoms with Crippen molar-refractivity contribution in [3.63, 3.8) is 0 Å². The van der Waals surface area contributed by atoms with Crippen molar-refractivity contribution in [3.8, 4) is 11.3 Å². The number of carbonyl (C=O) groups is 1. The Morgan fingerprint density at radius 2 is 1.54 bits per heavy atom. The number of ketones is 1. The van der Waals surface area contributed by atoms with Gasteiger partial charge in [0.05, 0.1) is 5.76 Å². The van der Waals surface area contributed by atoms with Crippen molar-refractivity contribution in [2.45, 2.75) is 125 Å². The third-order valence-electron chi connectivity index (χ3n) is 11.9. The first-order valence-electron chi connectivity index (χ1n) is 19.8. The van der Waals surface area contributed by atoms with Crippen LogP contribution in [0.5, 0.6) is 0 Å². The number of benzene rings is 3. The molecule has 5 heteroatoms. The average molecular weight is 893 g/mol. The van der Waals surface area contributed by atoms with Gasteiger partial charge < -0.3 is 5.11 Å². The van der Waals surface area contributed by atoms with Gasteiger partial charge in [-0.2, -0.15) is 0 Å². The molecule has 0 spiro atoms. The van der Waals surface area contributed by atoms with Gasteiger partial charge in [0, 0.05) is 64.7 Å². The van der Waals surface area contributed by atoms with E-state index in [1.165, 1.54) is 87.5 Å². The van der Waals surface area contributed by atoms with Gasteiger partial charge in [0.25, 0.3) is 0 Å². The van der Waals surface area contributed by atoms with Gasteiger partial charge in [-0.1, -0.05) is 122 Å². The number of aromatic nitrogens is 1. The van der Waals surface area contributed by atoms with Crippen LogP contribution in [-0.2, 0) is 43.2 Å². The summed E-state index contributed by atoms with van der Waals surface area (Å²) in [7, 11) is 0. The van der Waals surface area contributed by atoms with E-state index >= 15 is 0 Å². The Morgan fingerprint density at radius 3 is 2.21 bits per heavy atom. The zero-order valence-electron chi connectivity index (χ0n) is 32.4. The Morgan fingerprint density at radius 1 is 0.865 bits per heavy atom. The first kappa shape index (κ1) is 40.3. The fraction of sp³-hybridized carbons (Fsp3) is 0.489. The van der Waals surface area contributed by atoms with E-state index in [1.807, 2.05) is 45.2 Å². The van der Waals surface area contributed by atoms with Crippen LogP contribution in [0.3, 0.4) is 0 Å². The van der Waals surface area contributed by atoms with Crippen molar-refractivity contribution in [2.24, 2.45) is 23.7 Å². The zero-order valence-corrected chi connectivity index (χ0v) is 35.6. The third-order valence-corrected chi connectivity index (χ3v) is 13.2. The number of aliphatic hydroxyl groups excluding tert-OH is 1. The molecule has 0 bridgehead atoms. The van der Waals surface area contributed by atoms with Gasteiger partial charge in [-0.25, -0.2) is 0 Å². The molecule has 1 unspecified atom stereocenters. The summed E-state index contributed by atoms with van der Waals surface area (Å²) in [5.41, 5.74) is 6.85. The second-order valence-corrected chi connectivity index (χ2v) is 17.2. The average Bonchev–Trinajstić information content (AvgIpc) is 3.75. The number of allylic oxidation sites excluding steroid dienone is 2. The monoisotopic (exact) mass is 893 g/mol. The maximum Gasteiger partial charge on any atom is 0.162 e. The van der Waals surface area contributed by atoms with E-state index in [4.69, 9.17) is 4.98 Å². The molecule has 3 nitrogen and oxygen atoms in total. The van der Waals surface area contributed by atoms with Crippen molar-refractivity contribution >= 4 is 48.1 Å². The summed E-state index contributed by atoms with van der Waals surface area (Å²) in [5, 5.41) is 15.0. The summed E-state index contributed by atoms with van der Waals surface area (Å²) in [4.78, 5) is 16.7. The maximum atomic E-state index is 11.7. The predicted octanol–water partition coefficient (Wildman–Crippen LogP) is 13.5. The number of rotatable bonds is 9. The fourth-order valence-electron chi connectivity index (χ4n) is 8.78. The molecular weight excluding hydrogens is 835 g/mol. The van der Waals surface area contributed by atoms with Crippen molar-refractivity contribution < 1.29 is 30.0 Å². The first-order valence-corrected chi connectivity index (χ1v) is 20.6. The number of carbonyl (C=O) groups excluding carboxylic acids is 1. The molecule has 3 aromatic carbocycles. The summed E-state index contributed by atoms with van der Waals surface area (Å²) in [6.07, 6.45) is 16.6. The molecule has 1 N–H and O–H groups in total. The number of hydrogen-bond donors (Lipinski definition) is 1. The molecule has 0 aliphatic heterocycles. The number of aliphatic hydroxyl groups is 1. The maximum absolute atomic E-state index is 11.7. The van der Waals surface area contributed by atoms with Crippen molar-refractivity contribution in [3.05, 3.63) is 89.3 Å². The molecule has 5 aromatic rings. The number of thiophene rings is 1. The molecule has 0 amide bonds. The molecule has 1 atom stereocenters. The Hall–Kier alpha value is -2.85. The molecule has 279 valence electrons. The van der Waals surface area contributed by atoms with Gasteiger partial charge in [-0.15, -0.1) is 40.5 Å². The second-order valence-electron chi connectivity index (χ2n) is 16.2. The van der Waals surface area contributed by atoms with Crippen molar-refractivity contribution in [2.75, 3.05) is 0 Å². The second kappa shape index (κ2) is 17.5. The van der Waals surface area contributed by atoms with Gasteiger partial charge >= 0.3 is 0 Å². The van der Waals surface area contributed by atoms with E-state index < -0.39 is 0 Å². The Kier molecular flexibility index (Phi) is 13.6. The molecule has 1 saturated carbocycles. The Labute approximate surface area is 330 Å². The van der Waals surface area contributed by atoms with Crippen LogP contribution in [0.25, 0.3) is 42.2 Å². The van der Waals surface area contributed by atoms with E-state index in [0.717, 1.165) is 48.8 Å². The van der Waals surface area contributed by atoms with Gasteiger partial charge in [-0.3, -0.25) is 9.78 Å². The van der Waals surface area contributed by atoms with Gasteiger partial charge in [0.1, 0.15) is 0 Å². The molecule has 52 heavy (non-hydrogen) atoms. The molecule has 0 saturated heterocycles. The summed E-state index contributed by atoms with van der Waals surface area (Å²) in [5.74, 6) is 2.32. The molecular formula is C47H58IrNO2S-. The Balaban J connectivity index is 0.000000280. The molecule has 1 radical (unpaired) electrons. The summed E-state index contributed by atoms with van der Waals surface area (Å²) in [6.45, 7) is 15.0. The molecule has 2 aliphatic carbocycles. The number of pyridine rings is 1. The topological polar surface area (TPSA) is 50.2 Å². The number of nitrogens with zero attached hydrogens (tertiary/aromatic N) is 1. The minimum absolute atomic E-state index is 0. The van der Waals surface area contributed by atoms with Gasteiger partial charge in [0.2, 0.25) is 0 Å². The minimum atomic E-state index is 0. The van der Waals surface area contributed by atoms with E-state index in [-0.39, 0.29) is 48.9 Å². The minimum Gasteiger partial charge on any atom is -0.512 e. The van der Waals surface area contributed by atoms with Crippen LogP contribution < -0.4 is 0 Å². The summed E-state index contributed by atoms with van der Waals surface area (Å²) in [6, 6.07) is 21.8. The smallest absolute Gasteiger partial charge is 0.162 e. The molecule has 7 rings (SSSR count). The molecule has 2 heterocycles. The van der Waals surface area contributed by atoms with Crippen molar-refractivity contribution in [1.29, 1.82) is 0 Å². The normalized spacial score (nSPS) is 16.7. The molecule has 1 fully saturated rings. The quantitative estimate of drug-likeness (QED) is 0.0911. The SMILES string of the molecule is CC(C)(C)c1cc(-c2nccc3c2sc2c4c(ccc23)CC(C2CCCCC2)C4)[c-]c2ccccc12.CCC(CC)C(=O)/C=C(\O)C(CC)CC.[Ir]. The third kappa shape index (κ3) is 8.43. The predicted molar refractivity (Wildman–Crippen MR) is 219 cm³/mol. The van der Waals surface area contributed by atoms with Crippen LogP contribution >= 0.6 is 11.3 Å². The molecule has 2 aromatic heterocycles. The van der Waals surface area contributed by atoms with E-state index in [9.17, 15) is 9.90 Å². The zero-order chi connectivity index (χ0) is 36.3. The molecule has 2 aliphatic rings. The number of fused-ring (bicyclic) bond motifs is 6. The standard InChI is InChI=1S/C34H34NS.C13H24O2.Ir/c1-34(2,3)30-20-25(18-22-11-7-8-12-26(22)30)31-33-28(15-16-35-31)27-14-13-23-17-24(19-29(23)32(27)36-33)21-9-5-4-6-10-21;1-5-10(6-2)12(14)9-13(15)11(7-3)8-4;/h7-8,11-16,20-21,24H,4-6,9-10,17,19H2,1-3H3;9-11,14H,5-8H2,1-4H3;/q-1;;/b;12-9-;. The van der Waals surface area contributed by atoms with Crippen LogP contribution in [0.15, 0.2) is 66.6 Å². The first-order chi connectivity index (χ1) is 24.6. The summed E-state index contributed by atoms with van der Waals surface area (Å²) >= 11 is 1.97. The van der Waals surface area contributed by atoms with Crippen LogP contribution in [0, 0.1) is 29.7 Å². The van der Waals surface area contributed by atoms with Crippen LogP contribution in [0.2, 0.25) is 0 Å².